The van der Waals surface area contributed by atoms with Crippen LogP contribution < -0.4 is 4.74 Å². The molecule has 6 nitrogen and oxygen atoms in total. The molecule has 0 amide bonds. The molecule has 0 aliphatic carbocycles. The second-order valence-electron chi connectivity index (χ2n) is 6.60. The Bertz CT molecular complexity index is 986. The summed E-state index contributed by atoms with van der Waals surface area (Å²) in [5.41, 5.74) is 4.81. The van der Waals surface area contributed by atoms with E-state index in [4.69, 9.17) is 14.7 Å². The van der Waals surface area contributed by atoms with Crippen LogP contribution in [0, 0.1) is 0 Å². The second kappa shape index (κ2) is 10.8. The number of oxime groups is 1. The van der Waals surface area contributed by atoms with Gasteiger partial charge in [0.25, 0.3) is 0 Å². The van der Waals surface area contributed by atoms with Crippen molar-refractivity contribution in [3.05, 3.63) is 84.2 Å². The van der Waals surface area contributed by atoms with Crippen LogP contribution in [0.5, 0.6) is 5.75 Å². The summed E-state index contributed by atoms with van der Waals surface area (Å²) in [5.74, 6) is -0.255. The zero-order valence-corrected chi connectivity index (χ0v) is 16.8. The van der Waals surface area contributed by atoms with Crippen LogP contribution in [0.4, 0.5) is 0 Å². The van der Waals surface area contributed by atoms with Crippen molar-refractivity contribution in [2.75, 3.05) is 13.2 Å². The van der Waals surface area contributed by atoms with Gasteiger partial charge in [0, 0.05) is 12.4 Å². The minimum absolute atomic E-state index is 0.0300. The first kappa shape index (κ1) is 21.0. The van der Waals surface area contributed by atoms with E-state index in [0.29, 0.717) is 24.5 Å². The fourth-order valence-electron chi connectivity index (χ4n) is 2.96. The number of aliphatic carboxylic acids is 1. The quantitative estimate of drug-likeness (QED) is 0.304. The molecule has 0 bridgehead atoms. The molecule has 154 valence electrons. The normalized spacial score (nSPS) is 11.2. The van der Waals surface area contributed by atoms with E-state index < -0.39 is 5.97 Å². The first-order valence-corrected chi connectivity index (χ1v) is 9.79. The fourth-order valence-corrected chi connectivity index (χ4v) is 2.96. The number of pyridine rings is 1. The molecule has 1 aromatic heterocycles. The molecule has 0 atom stereocenters. The lowest BCUT2D eigenvalue weighted by atomic mass is 10.0. The van der Waals surface area contributed by atoms with Gasteiger partial charge in [-0.2, -0.15) is 0 Å². The van der Waals surface area contributed by atoms with Crippen molar-refractivity contribution in [2.45, 2.75) is 19.8 Å². The van der Waals surface area contributed by atoms with Gasteiger partial charge in [0.15, 0.2) is 6.61 Å². The van der Waals surface area contributed by atoms with Crippen LogP contribution in [-0.2, 0) is 16.1 Å². The number of carboxylic acid groups (broad SMARTS) is 1. The first-order chi connectivity index (χ1) is 14.7. The Balaban J connectivity index is 1.52. The molecule has 3 aromatic rings. The van der Waals surface area contributed by atoms with Gasteiger partial charge < -0.3 is 14.7 Å². The highest BCUT2D eigenvalue weighted by molar-refractivity contribution is 6.00. The number of rotatable bonds is 10. The van der Waals surface area contributed by atoms with Gasteiger partial charge in [0.2, 0.25) is 0 Å². The summed E-state index contributed by atoms with van der Waals surface area (Å²) in [6.45, 7) is 2.64. The molecule has 30 heavy (non-hydrogen) atoms. The van der Waals surface area contributed by atoms with E-state index in [9.17, 15) is 4.79 Å². The minimum atomic E-state index is -0.870. The van der Waals surface area contributed by atoms with Crippen LogP contribution in [-0.4, -0.2) is 35.0 Å². The molecule has 0 aliphatic heterocycles. The van der Waals surface area contributed by atoms with Crippen molar-refractivity contribution < 1.29 is 19.5 Å². The number of carbonyl (C=O) groups is 1. The highest BCUT2D eigenvalue weighted by Gasteiger charge is 2.05. The van der Waals surface area contributed by atoms with E-state index in [1.807, 2.05) is 31.2 Å². The average molecular weight is 404 g/mol. The Kier molecular flexibility index (Phi) is 7.55. The van der Waals surface area contributed by atoms with Gasteiger partial charge in [0.1, 0.15) is 12.4 Å². The Morgan fingerprint density at radius 3 is 2.43 bits per heavy atom. The fraction of sp³-hybridized carbons (Fsp3) is 0.208. The summed E-state index contributed by atoms with van der Waals surface area (Å²) in [7, 11) is 0. The molecule has 0 saturated carbocycles. The van der Waals surface area contributed by atoms with Gasteiger partial charge in [-0.05, 0) is 52.9 Å². The molecule has 1 heterocycles. The molecule has 6 heteroatoms. The highest BCUT2D eigenvalue weighted by atomic mass is 16.6. The third kappa shape index (κ3) is 6.17. The maximum Gasteiger partial charge on any atom is 0.307 e. The van der Waals surface area contributed by atoms with E-state index in [2.05, 4.69) is 22.3 Å². The summed E-state index contributed by atoms with van der Waals surface area (Å²) in [4.78, 5) is 20.3. The third-order valence-electron chi connectivity index (χ3n) is 4.44. The zero-order valence-electron chi connectivity index (χ0n) is 16.8. The Hall–Kier alpha value is -3.67. The van der Waals surface area contributed by atoms with Gasteiger partial charge >= 0.3 is 5.97 Å². The molecule has 3 rings (SSSR count). The van der Waals surface area contributed by atoms with E-state index in [1.165, 1.54) is 0 Å². The van der Waals surface area contributed by atoms with Gasteiger partial charge in [-0.1, -0.05) is 48.5 Å². The molecule has 0 unspecified atom stereocenters. The Morgan fingerprint density at radius 1 is 1.00 bits per heavy atom. The molecular weight excluding hydrogens is 380 g/mol. The van der Waals surface area contributed by atoms with Crippen molar-refractivity contribution in [2.24, 2.45) is 5.16 Å². The lowest BCUT2D eigenvalue weighted by molar-refractivity contribution is -0.136. The summed E-state index contributed by atoms with van der Waals surface area (Å²) < 4.78 is 5.62. The zero-order chi connectivity index (χ0) is 21.2. The molecular formula is C24H24N2O4. The molecule has 0 aliphatic rings. The van der Waals surface area contributed by atoms with Crippen molar-refractivity contribution in [3.8, 4) is 16.9 Å². The van der Waals surface area contributed by atoms with E-state index >= 15 is 0 Å². The number of hydrogen-bond acceptors (Lipinski definition) is 5. The van der Waals surface area contributed by atoms with Crippen molar-refractivity contribution in [1.29, 1.82) is 0 Å². The first-order valence-electron chi connectivity index (χ1n) is 9.79. The molecule has 0 radical (unpaired) electrons. The lowest BCUT2D eigenvalue weighted by Gasteiger charge is -2.08. The van der Waals surface area contributed by atoms with Crippen LogP contribution in [0.1, 0.15) is 24.5 Å². The number of ether oxygens (including phenoxy) is 1. The largest absolute Gasteiger partial charge is 0.490 e. The summed E-state index contributed by atoms with van der Waals surface area (Å²) in [6, 6.07) is 19.2. The Morgan fingerprint density at radius 2 is 1.73 bits per heavy atom. The Labute approximate surface area is 175 Å². The number of aromatic nitrogens is 1. The van der Waals surface area contributed by atoms with Crippen molar-refractivity contribution >= 4 is 11.7 Å². The number of nitrogens with zero attached hydrogens (tertiary/aromatic N) is 2. The molecule has 0 saturated heterocycles. The van der Waals surface area contributed by atoms with E-state index in [0.717, 1.165) is 28.8 Å². The highest BCUT2D eigenvalue weighted by Crippen LogP contribution is 2.19. The number of benzene rings is 2. The van der Waals surface area contributed by atoms with E-state index in [-0.39, 0.29) is 6.42 Å². The number of hydrogen-bond donors (Lipinski definition) is 1. The second-order valence-corrected chi connectivity index (χ2v) is 6.60. The van der Waals surface area contributed by atoms with E-state index in [1.54, 1.807) is 36.7 Å². The summed E-state index contributed by atoms with van der Waals surface area (Å²) in [5, 5.41) is 13.1. The SMILES string of the molecule is CC/C(=N\OCCOc1cccc(CC(=O)O)c1)c1ccc(-c2ccncc2)cc1. The van der Waals surface area contributed by atoms with Crippen LogP contribution in [0.2, 0.25) is 0 Å². The van der Waals surface area contributed by atoms with Crippen molar-refractivity contribution in [3.63, 3.8) is 0 Å². The predicted molar refractivity (Wildman–Crippen MR) is 116 cm³/mol. The topological polar surface area (TPSA) is 81.0 Å². The standard InChI is InChI=1S/C24H24N2O4/c1-2-23(21-8-6-19(7-9-21)20-10-12-25-13-11-20)26-30-15-14-29-22-5-3-4-18(16-22)17-24(27)28/h3-13,16H,2,14-15,17H2,1H3,(H,27,28)/b26-23+. The van der Waals surface area contributed by atoms with Crippen LogP contribution in [0.3, 0.4) is 0 Å². The minimum Gasteiger partial charge on any atom is -0.490 e. The van der Waals surface area contributed by atoms with Gasteiger partial charge in [-0.3, -0.25) is 9.78 Å². The molecule has 0 spiro atoms. The smallest absolute Gasteiger partial charge is 0.307 e. The number of carboxylic acids is 1. The van der Waals surface area contributed by atoms with Gasteiger partial charge in [-0.25, -0.2) is 0 Å². The van der Waals surface area contributed by atoms with Crippen LogP contribution >= 0.6 is 0 Å². The summed E-state index contributed by atoms with van der Waals surface area (Å²) in [6.07, 6.45) is 4.27. The van der Waals surface area contributed by atoms with Gasteiger partial charge in [0.05, 0.1) is 12.1 Å². The van der Waals surface area contributed by atoms with Gasteiger partial charge in [-0.15, -0.1) is 0 Å². The average Bonchev–Trinajstić information content (AvgIpc) is 2.77. The summed E-state index contributed by atoms with van der Waals surface area (Å²) >= 11 is 0. The monoisotopic (exact) mass is 404 g/mol. The van der Waals surface area contributed by atoms with Crippen molar-refractivity contribution in [1.82, 2.24) is 4.98 Å². The van der Waals surface area contributed by atoms with Crippen LogP contribution in [0.15, 0.2) is 78.2 Å². The molecule has 0 fully saturated rings. The van der Waals surface area contributed by atoms with Crippen LogP contribution in [0.25, 0.3) is 11.1 Å². The predicted octanol–water partition coefficient (Wildman–Crippen LogP) is 4.59. The maximum absolute atomic E-state index is 10.8. The lowest BCUT2D eigenvalue weighted by Crippen LogP contribution is -2.07. The third-order valence-corrected chi connectivity index (χ3v) is 4.44. The molecule has 2 aromatic carbocycles. The maximum atomic E-state index is 10.8. The molecule has 1 N–H and O–H groups in total.